The fourth-order valence-electron chi connectivity index (χ4n) is 3.61. The van der Waals surface area contributed by atoms with Crippen LogP contribution in [0.2, 0.25) is 0 Å². The summed E-state index contributed by atoms with van der Waals surface area (Å²) in [5.74, 6) is 0. The Morgan fingerprint density at radius 2 is 1.63 bits per heavy atom. The highest BCUT2D eigenvalue weighted by molar-refractivity contribution is 4.85. The van der Waals surface area contributed by atoms with Gasteiger partial charge in [0.15, 0.2) is 0 Å². The third-order valence-corrected chi connectivity index (χ3v) is 4.98. The second kappa shape index (κ2) is 7.61. The average Bonchev–Trinajstić information content (AvgIpc) is 2.46. The van der Waals surface area contributed by atoms with Crippen molar-refractivity contribution in [3.8, 4) is 0 Å². The minimum Gasteiger partial charge on any atom is -0.314 e. The second-order valence-corrected chi connectivity index (χ2v) is 6.63. The summed E-state index contributed by atoms with van der Waals surface area (Å²) in [4.78, 5) is 5.37. The van der Waals surface area contributed by atoms with E-state index in [-0.39, 0.29) is 0 Å². The lowest BCUT2D eigenvalue weighted by molar-refractivity contribution is 0.0604. The van der Waals surface area contributed by atoms with Gasteiger partial charge in [-0.3, -0.25) is 9.80 Å². The van der Waals surface area contributed by atoms with Crippen molar-refractivity contribution in [2.24, 2.45) is 0 Å². The maximum Gasteiger partial charge on any atom is 0.0113 e. The number of piperazine rings is 1. The normalized spacial score (nSPS) is 30.9. The van der Waals surface area contributed by atoms with Gasteiger partial charge < -0.3 is 5.32 Å². The van der Waals surface area contributed by atoms with Gasteiger partial charge in [0.2, 0.25) is 0 Å². The quantitative estimate of drug-likeness (QED) is 0.825. The summed E-state index contributed by atoms with van der Waals surface area (Å²) in [5, 5.41) is 3.69. The van der Waals surface area contributed by atoms with Crippen LogP contribution < -0.4 is 5.32 Å². The second-order valence-electron chi connectivity index (χ2n) is 6.63. The van der Waals surface area contributed by atoms with Gasteiger partial charge in [0.05, 0.1) is 0 Å². The maximum atomic E-state index is 3.69. The molecule has 1 saturated carbocycles. The van der Waals surface area contributed by atoms with Crippen LogP contribution in [0.1, 0.15) is 52.9 Å². The first-order valence-corrected chi connectivity index (χ1v) is 8.42. The van der Waals surface area contributed by atoms with Crippen LogP contribution in [0, 0.1) is 0 Å². The van der Waals surface area contributed by atoms with Crippen molar-refractivity contribution in [3.63, 3.8) is 0 Å². The van der Waals surface area contributed by atoms with E-state index in [0.29, 0.717) is 0 Å². The highest BCUT2D eigenvalue weighted by Gasteiger charge is 2.28. The lowest BCUT2D eigenvalue weighted by atomic mass is 9.89. The largest absolute Gasteiger partial charge is 0.314 e. The predicted octanol–water partition coefficient (Wildman–Crippen LogP) is 2.32. The van der Waals surface area contributed by atoms with Gasteiger partial charge in [-0.05, 0) is 52.5 Å². The molecule has 19 heavy (non-hydrogen) atoms. The van der Waals surface area contributed by atoms with Gasteiger partial charge in [-0.15, -0.1) is 0 Å². The molecule has 2 aliphatic rings. The Morgan fingerprint density at radius 1 is 1.00 bits per heavy atom. The molecule has 0 bridgehead atoms. The van der Waals surface area contributed by atoms with Gasteiger partial charge >= 0.3 is 0 Å². The molecule has 0 aromatic carbocycles. The SMILES string of the molecule is CCCNC1CCC(N2CCN(C(C)C)CC2)CC1. The molecule has 0 spiro atoms. The molecule has 0 aromatic heterocycles. The molecule has 1 saturated heterocycles. The number of hydrogen-bond acceptors (Lipinski definition) is 3. The maximum absolute atomic E-state index is 3.69. The Morgan fingerprint density at radius 3 is 2.16 bits per heavy atom. The molecule has 1 aliphatic heterocycles. The molecule has 112 valence electrons. The number of nitrogens with zero attached hydrogens (tertiary/aromatic N) is 2. The molecule has 0 unspecified atom stereocenters. The van der Waals surface area contributed by atoms with Crippen molar-refractivity contribution in [2.75, 3.05) is 32.7 Å². The minimum absolute atomic E-state index is 0.719. The van der Waals surface area contributed by atoms with E-state index in [4.69, 9.17) is 0 Å². The van der Waals surface area contributed by atoms with Crippen LogP contribution in [-0.2, 0) is 0 Å². The fourth-order valence-corrected chi connectivity index (χ4v) is 3.61. The molecule has 0 radical (unpaired) electrons. The molecule has 1 aliphatic carbocycles. The van der Waals surface area contributed by atoms with Gasteiger partial charge in [-0.1, -0.05) is 6.92 Å². The molecule has 3 nitrogen and oxygen atoms in total. The van der Waals surface area contributed by atoms with Gasteiger partial charge in [0.1, 0.15) is 0 Å². The Balaban J connectivity index is 1.68. The van der Waals surface area contributed by atoms with E-state index >= 15 is 0 Å². The standard InChI is InChI=1S/C16H33N3/c1-4-9-17-15-5-7-16(8-6-15)19-12-10-18(11-13-19)14(2)3/h14-17H,4-13H2,1-3H3. The molecular weight excluding hydrogens is 234 g/mol. The minimum atomic E-state index is 0.719. The zero-order valence-electron chi connectivity index (χ0n) is 13.2. The van der Waals surface area contributed by atoms with E-state index in [1.54, 1.807) is 0 Å². The molecule has 2 fully saturated rings. The molecule has 0 atom stereocenters. The summed E-state index contributed by atoms with van der Waals surface area (Å²) >= 11 is 0. The van der Waals surface area contributed by atoms with E-state index in [1.165, 1.54) is 64.8 Å². The van der Waals surface area contributed by atoms with Crippen molar-refractivity contribution in [1.29, 1.82) is 0 Å². The summed E-state index contributed by atoms with van der Waals surface area (Å²) < 4.78 is 0. The van der Waals surface area contributed by atoms with E-state index in [2.05, 4.69) is 35.9 Å². The Bertz CT molecular complexity index is 238. The van der Waals surface area contributed by atoms with E-state index in [0.717, 1.165) is 18.1 Å². The Kier molecular flexibility index (Phi) is 6.11. The third kappa shape index (κ3) is 4.44. The highest BCUT2D eigenvalue weighted by Crippen LogP contribution is 2.24. The van der Waals surface area contributed by atoms with Crippen molar-refractivity contribution < 1.29 is 0 Å². The zero-order chi connectivity index (χ0) is 13.7. The summed E-state index contributed by atoms with van der Waals surface area (Å²) in [7, 11) is 0. The van der Waals surface area contributed by atoms with Crippen LogP contribution in [-0.4, -0.2) is 60.6 Å². The summed E-state index contributed by atoms with van der Waals surface area (Å²) in [6, 6.07) is 2.39. The Labute approximate surface area is 119 Å². The van der Waals surface area contributed by atoms with E-state index in [9.17, 15) is 0 Å². The van der Waals surface area contributed by atoms with Crippen molar-refractivity contribution in [1.82, 2.24) is 15.1 Å². The van der Waals surface area contributed by atoms with Crippen LogP contribution in [0.4, 0.5) is 0 Å². The Hall–Kier alpha value is -0.120. The van der Waals surface area contributed by atoms with Gasteiger partial charge in [0.25, 0.3) is 0 Å². The third-order valence-electron chi connectivity index (χ3n) is 4.98. The number of nitrogens with one attached hydrogen (secondary N) is 1. The fraction of sp³-hybridized carbons (Fsp3) is 1.00. The molecule has 3 heteroatoms. The van der Waals surface area contributed by atoms with Gasteiger partial charge in [-0.25, -0.2) is 0 Å². The zero-order valence-corrected chi connectivity index (χ0v) is 13.2. The molecule has 0 amide bonds. The van der Waals surface area contributed by atoms with E-state index < -0.39 is 0 Å². The van der Waals surface area contributed by atoms with Crippen LogP contribution in [0.3, 0.4) is 0 Å². The lowest BCUT2D eigenvalue weighted by Crippen LogP contribution is -2.53. The smallest absolute Gasteiger partial charge is 0.0113 e. The van der Waals surface area contributed by atoms with E-state index in [1.807, 2.05) is 0 Å². The summed E-state index contributed by atoms with van der Waals surface area (Å²) in [6.45, 7) is 13.2. The topological polar surface area (TPSA) is 18.5 Å². The van der Waals surface area contributed by atoms with Crippen LogP contribution in [0.25, 0.3) is 0 Å². The number of hydrogen-bond donors (Lipinski definition) is 1. The van der Waals surface area contributed by atoms with Gasteiger partial charge in [0, 0.05) is 44.3 Å². The first-order valence-electron chi connectivity index (χ1n) is 8.42. The summed E-state index contributed by atoms with van der Waals surface area (Å²) in [6.07, 6.45) is 6.84. The molecule has 2 rings (SSSR count). The van der Waals surface area contributed by atoms with Crippen molar-refractivity contribution >= 4 is 0 Å². The van der Waals surface area contributed by atoms with Gasteiger partial charge in [-0.2, -0.15) is 0 Å². The van der Waals surface area contributed by atoms with Crippen LogP contribution >= 0.6 is 0 Å². The van der Waals surface area contributed by atoms with Crippen LogP contribution in [0.15, 0.2) is 0 Å². The highest BCUT2D eigenvalue weighted by atomic mass is 15.3. The monoisotopic (exact) mass is 267 g/mol. The first kappa shape index (κ1) is 15.3. The molecule has 1 heterocycles. The lowest BCUT2D eigenvalue weighted by Gasteiger charge is -2.43. The van der Waals surface area contributed by atoms with Crippen molar-refractivity contribution in [3.05, 3.63) is 0 Å². The molecule has 0 aromatic rings. The number of rotatable bonds is 5. The molecular formula is C16H33N3. The predicted molar refractivity (Wildman–Crippen MR) is 82.6 cm³/mol. The first-order chi connectivity index (χ1) is 9.20. The van der Waals surface area contributed by atoms with Crippen molar-refractivity contribution in [2.45, 2.75) is 71.0 Å². The summed E-state index contributed by atoms with van der Waals surface area (Å²) in [5.41, 5.74) is 0. The average molecular weight is 267 g/mol. The molecule has 1 N–H and O–H groups in total. The van der Waals surface area contributed by atoms with Crippen LogP contribution in [0.5, 0.6) is 0 Å².